The minimum absolute atomic E-state index is 0.185. The quantitative estimate of drug-likeness (QED) is 0.796. The number of hydrogen-bond acceptors (Lipinski definition) is 4. The van der Waals surface area contributed by atoms with E-state index in [1.165, 1.54) is 23.5 Å². The largest absolute Gasteiger partial charge is 0.322 e. The maximum Gasteiger partial charge on any atom is 0.256 e. The van der Waals surface area contributed by atoms with Crippen LogP contribution in [0.25, 0.3) is 0 Å². The zero-order valence-corrected chi connectivity index (χ0v) is 13.7. The van der Waals surface area contributed by atoms with E-state index in [2.05, 4.69) is 27.9 Å². The zero-order valence-electron chi connectivity index (χ0n) is 9.88. The van der Waals surface area contributed by atoms with E-state index >= 15 is 0 Å². The number of halogens is 1. The minimum Gasteiger partial charge on any atom is -0.322 e. The summed E-state index contributed by atoms with van der Waals surface area (Å²) < 4.78 is 23.9. The van der Waals surface area contributed by atoms with Gasteiger partial charge in [-0.05, 0) is 46.9 Å². The van der Waals surface area contributed by atoms with Gasteiger partial charge in [0.2, 0.25) is 0 Å². The molecule has 1 aromatic heterocycles. The van der Waals surface area contributed by atoms with Crippen molar-refractivity contribution in [2.24, 2.45) is 0 Å². The molecule has 4 nitrogen and oxygen atoms in total. The highest BCUT2D eigenvalue weighted by atomic mass is 127. The Morgan fingerprint density at radius 3 is 2.63 bits per heavy atom. The monoisotopic (exact) mass is 407 g/mol. The van der Waals surface area contributed by atoms with Gasteiger partial charge in [-0.25, -0.2) is 8.42 Å². The molecule has 2 rings (SSSR count). The molecule has 19 heavy (non-hydrogen) atoms. The fraction of sp³-hybridized carbons (Fsp3) is 0.0833. The molecule has 0 fully saturated rings. The second-order valence-electron chi connectivity index (χ2n) is 3.89. The Bertz CT molecular complexity index is 722. The summed E-state index contributed by atoms with van der Waals surface area (Å²) in [6.45, 7) is 0. The van der Waals surface area contributed by atoms with Crippen LogP contribution in [-0.2, 0) is 9.84 Å². The molecule has 0 aliphatic rings. The third-order valence-corrected chi connectivity index (χ3v) is 5.25. The van der Waals surface area contributed by atoms with Gasteiger partial charge in [-0.3, -0.25) is 4.79 Å². The summed E-state index contributed by atoms with van der Waals surface area (Å²) in [4.78, 5) is 12.1. The lowest BCUT2D eigenvalue weighted by Crippen LogP contribution is -2.11. The fourth-order valence-corrected chi connectivity index (χ4v) is 3.43. The van der Waals surface area contributed by atoms with E-state index in [0.717, 1.165) is 9.14 Å². The maximum absolute atomic E-state index is 11.9. The second kappa shape index (κ2) is 5.59. The number of nitrogens with one attached hydrogen (secondary N) is 1. The third-order valence-electron chi connectivity index (χ3n) is 2.35. The lowest BCUT2D eigenvalue weighted by molar-refractivity contribution is 0.102. The predicted molar refractivity (Wildman–Crippen MR) is 84.5 cm³/mol. The summed E-state index contributed by atoms with van der Waals surface area (Å²) in [5.74, 6) is -0.246. The summed E-state index contributed by atoms with van der Waals surface area (Å²) >= 11 is 3.62. The number of carbonyl (C=O) groups is 1. The molecule has 0 spiro atoms. The van der Waals surface area contributed by atoms with Crippen molar-refractivity contribution in [3.8, 4) is 0 Å². The molecule has 0 saturated carbocycles. The normalized spacial score (nSPS) is 11.3. The average molecular weight is 407 g/mol. The van der Waals surface area contributed by atoms with Gasteiger partial charge in [0.05, 0.1) is 13.3 Å². The maximum atomic E-state index is 11.9. The Morgan fingerprint density at radius 1 is 1.32 bits per heavy atom. The number of thiophene rings is 1. The van der Waals surface area contributed by atoms with Crippen LogP contribution in [0.2, 0.25) is 0 Å². The van der Waals surface area contributed by atoms with Gasteiger partial charge in [0, 0.05) is 17.3 Å². The molecular formula is C12H10INO3S2. The molecular weight excluding hydrogens is 397 g/mol. The van der Waals surface area contributed by atoms with Crippen LogP contribution in [0.3, 0.4) is 0 Å². The van der Waals surface area contributed by atoms with Crippen molar-refractivity contribution in [3.63, 3.8) is 0 Å². The summed E-state index contributed by atoms with van der Waals surface area (Å²) in [5.41, 5.74) is 1.04. The zero-order chi connectivity index (χ0) is 14.0. The average Bonchev–Trinajstić information content (AvgIpc) is 2.75. The molecule has 2 aromatic rings. The van der Waals surface area contributed by atoms with Crippen LogP contribution in [0.15, 0.2) is 40.6 Å². The van der Waals surface area contributed by atoms with E-state index < -0.39 is 9.84 Å². The number of anilines is 1. The fourth-order valence-electron chi connectivity index (χ4n) is 1.44. The van der Waals surface area contributed by atoms with Crippen molar-refractivity contribution < 1.29 is 13.2 Å². The van der Waals surface area contributed by atoms with Crippen LogP contribution in [-0.4, -0.2) is 20.6 Å². The van der Waals surface area contributed by atoms with Crippen molar-refractivity contribution in [3.05, 3.63) is 44.2 Å². The first-order chi connectivity index (χ1) is 8.86. The van der Waals surface area contributed by atoms with Crippen LogP contribution >= 0.6 is 33.9 Å². The molecule has 0 bridgehead atoms. The van der Waals surface area contributed by atoms with Gasteiger partial charge in [0.25, 0.3) is 5.91 Å². The standard InChI is InChI=1S/C12H10INO3S2/c1-19(16,17)10-4-2-3-9(6-10)14-12(15)8-5-11(13)18-7-8/h2-7H,1H3,(H,14,15). The summed E-state index contributed by atoms with van der Waals surface area (Å²) in [5, 5.41) is 4.45. The lowest BCUT2D eigenvalue weighted by atomic mass is 10.3. The molecule has 0 aliphatic carbocycles. The Kier molecular flexibility index (Phi) is 4.26. The number of rotatable bonds is 3. The van der Waals surface area contributed by atoms with Gasteiger partial charge >= 0.3 is 0 Å². The number of sulfone groups is 1. The number of carbonyl (C=O) groups excluding carboxylic acids is 1. The minimum atomic E-state index is -3.27. The van der Waals surface area contributed by atoms with Gasteiger partial charge in [-0.1, -0.05) is 6.07 Å². The molecule has 0 atom stereocenters. The number of amides is 1. The number of benzene rings is 1. The third kappa shape index (κ3) is 3.77. The molecule has 0 saturated heterocycles. The Balaban J connectivity index is 2.22. The van der Waals surface area contributed by atoms with E-state index in [-0.39, 0.29) is 10.8 Å². The van der Waals surface area contributed by atoms with Gasteiger partial charge in [0.15, 0.2) is 9.84 Å². The van der Waals surface area contributed by atoms with Crippen molar-refractivity contribution >= 4 is 55.4 Å². The van der Waals surface area contributed by atoms with Crippen molar-refractivity contribution in [2.45, 2.75) is 4.90 Å². The highest BCUT2D eigenvalue weighted by Crippen LogP contribution is 2.19. The predicted octanol–water partition coefficient (Wildman–Crippen LogP) is 3.01. The molecule has 1 aromatic carbocycles. The lowest BCUT2D eigenvalue weighted by Gasteiger charge is -2.05. The SMILES string of the molecule is CS(=O)(=O)c1cccc(NC(=O)c2csc(I)c2)c1. The van der Waals surface area contributed by atoms with Crippen molar-refractivity contribution in [1.29, 1.82) is 0 Å². The van der Waals surface area contributed by atoms with Crippen LogP contribution in [0.5, 0.6) is 0 Å². The van der Waals surface area contributed by atoms with Crippen LogP contribution in [0.4, 0.5) is 5.69 Å². The highest BCUT2D eigenvalue weighted by molar-refractivity contribution is 14.1. The summed E-state index contributed by atoms with van der Waals surface area (Å²) in [7, 11) is -3.27. The van der Waals surface area contributed by atoms with Gasteiger partial charge < -0.3 is 5.32 Å². The molecule has 0 radical (unpaired) electrons. The molecule has 1 amide bonds. The first kappa shape index (κ1) is 14.5. The Hall–Kier alpha value is -0.930. The van der Waals surface area contributed by atoms with Gasteiger partial charge in [-0.15, -0.1) is 11.3 Å². The molecule has 0 aliphatic heterocycles. The number of hydrogen-bond donors (Lipinski definition) is 1. The summed E-state index contributed by atoms with van der Waals surface area (Å²) in [6.07, 6.45) is 1.13. The molecule has 7 heteroatoms. The topological polar surface area (TPSA) is 63.2 Å². The van der Waals surface area contributed by atoms with Crippen LogP contribution in [0.1, 0.15) is 10.4 Å². The van der Waals surface area contributed by atoms with E-state index in [4.69, 9.17) is 0 Å². The first-order valence-corrected chi connectivity index (χ1v) is 9.07. The van der Waals surface area contributed by atoms with Crippen LogP contribution < -0.4 is 5.32 Å². The van der Waals surface area contributed by atoms with E-state index in [0.29, 0.717) is 11.3 Å². The van der Waals surface area contributed by atoms with E-state index in [9.17, 15) is 13.2 Å². The van der Waals surface area contributed by atoms with E-state index in [1.54, 1.807) is 23.6 Å². The van der Waals surface area contributed by atoms with E-state index in [1.807, 2.05) is 0 Å². The summed E-state index contributed by atoms with van der Waals surface area (Å²) in [6, 6.07) is 7.98. The Labute approximate surface area is 128 Å². The van der Waals surface area contributed by atoms with Gasteiger partial charge in [0.1, 0.15) is 0 Å². The first-order valence-electron chi connectivity index (χ1n) is 5.22. The second-order valence-corrected chi connectivity index (χ2v) is 8.71. The Morgan fingerprint density at radius 2 is 2.05 bits per heavy atom. The van der Waals surface area contributed by atoms with Crippen molar-refractivity contribution in [2.75, 3.05) is 11.6 Å². The molecule has 1 N–H and O–H groups in total. The van der Waals surface area contributed by atoms with Crippen molar-refractivity contribution in [1.82, 2.24) is 0 Å². The highest BCUT2D eigenvalue weighted by Gasteiger charge is 2.11. The molecule has 100 valence electrons. The molecule has 0 unspecified atom stereocenters. The molecule has 1 heterocycles. The van der Waals surface area contributed by atoms with Crippen LogP contribution in [0, 0.1) is 2.88 Å². The van der Waals surface area contributed by atoms with Gasteiger partial charge in [-0.2, -0.15) is 0 Å². The smallest absolute Gasteiger partial charge is 0.256 e.